The number of fused-ring (bicyclic) bond motifs is 1. The molecule has 1 saturated heterocycles. The Bertz CT molecular complexity index is 592. The molecule has 0 spiro atoms. The van der Waals surface area contributed by atoms with Crippen molar-refractivity contribution in [3.63, 3.8) is 0 Å². The molecule has 6 nitrogen and oxygen atoms in total. The van der Waals surface area contributed by atoms with Crippen LogP contribution in [0.25, 0.3) is 11.0 Å². The third kappa shape index (κ3) is 3.06. The van der Waals surface area contributed by atoms with Gasteiger partial charge in [-0.25, -0.2) is 4.98 Å². The van der Waals surface area contributed by atoms with Crippen molar-refractivity contribution in [2.75, 3.05) is 25.1 Å². The molecule has 1 aliphatic rings. The second kappa shape index (κ2) is 6.24. The summed E-state index contributed by atoms with van der Waals surface area (Å²) in [5.74, 6) is 0.257. The second-order valence-corrected chi connectivity index (χ2v) is 5.30. The summed E-state index contributed by atoms with van der Waals surface area (Å²) < 4.78 is 5.43. The van der Waals surface area contributed by atoms with Crippen LogP contribution in [-0.2, 0) is 9.53 Å². The zero-order valence-corrected chi connectivity index (χ0v) is 12.1. The maximum atomic E-state index is 12.4. The summed E-state index contributed by atoms with van der Waals surface area (Å²) in [6, 6.07) is 7.77. The number of anilines is 1. The number of benzene rings is 1. The monoisotopic (exact) mass is 288 g/mol. The number of ether oxygens (including phenoxy) is 1. The van der Waals surface area contributed by atoms with Gasteiger partial charge in [0.2, 0.25) is 11.9 Å². The van der Waals surface area contributed by atoms with Gasteiger partial charge in [0.1, 0.15) is 0 Å². The number of imidazole rings is 1. The molecule has 1 aromatic heterocycles. The Labute approximate surface area is 123 Å². The second-order valence-electron chi connectivity index (χ2n) is 5.30. The van der Waals surface area contributed by atoms with Crippen LogP contribution in [0.2, 0.25) is 0 Å². The predicted molar refractivity (Wildman–Crippen MR) is 81.1 cm³/mol. The molecule has 0 aliphatic carbocycles. The zero-order valence-electron chi connectivity index (χ0n) is 12.1. The highest BCUT2D eigenvalue weighted by Gasteiger charge is 2.33. The van der Waals surface area contributed by atoms with Crippen LogP contribution in [0.3, 0.4) is 0 Å². The lowest BCUT2D eigenvalue weighted by atomic mass is 10.0. The molecule has 0 radical (unpaired) electrons. The molecular formula is C15H20N4O2. The Kier molecular flexibility index (Phi) is 4.17. The maximum absolute atomic E-state index is 12.4. The summed E-state index contributed by atoms with van der Waals surface area (Å²) in [6.45, 7) is 4.03. The minimum absolute atomic E-state index is 0.0554. The van der Waals surface area contributed by atoms with E-state index in [1.807, 2.05) is 24.3 Å². The number of aromatic nitrogens is 2. The van der Waals surface area contributed by atoms with Gasteiger partial charge < -0.3 is 15.0 Å². The fourth-order valence-corrected chi connectivity index (χ4v) is 2.57. The summed E-state index contributed by atoms with van der Waals surface area (Å²) in [7, 11) is 0. The van der Waals surface area contributed by atoms with Gasteiger partial charge >= 0.3 is 0 Å². The van der Waals surface area contributed by atoms with Crippen LogP contribution in [-0.4, -0.2) is 41.7 Å². The topological polar surface area (TPSA) is 79.0 Å². The quantitative estimate of drug-likeness (QED) is 0.779. The standard InChI is InChI=1S/C15H20N4O2/c1-2-7-16-13-9-21-8-10(13)14(20)19-15-17-11-5-3-4-6-12(11)18-15/h3-6,10,13,16H,2,7-9H2,1H3,(H2,17,18,19,20). The average Bonchev–Trinajstić information content (AvgIpc) is 3.10. The Morgan fingerprint density at radius 2 is 2.29 bits per heavy atom. The fourth-order valence-electron chi connectivity index (χ4n) is 2.57. The van der Waals surface area contributed by atoms with Gasteiger partial charge in [-0.1, -0.05) is 19.1 Å². The van der Waals surface area contributed by atoms with Gasteiger partial charge in [0.15, 0.2) is 0 Å². The molecule has 21 heavy (non-hydrogen) atoms. The first-order valence-corrected chi connectivity index (χ1v) is 7.34. The highest BCUT2D eigenvalue weighted by molar-refractivity contribution is 5.93. The van der Waals surface area contributed by atoms with Crippen molar-refractivity contribution in [2.45, 2.75) is 19.4 Å². The van der Waals surface area contributed by atoms with Crippen LogP contribution in [0.1, 0.15) is 13.3 Å². The minimum atomic E-state index is -0.176. The van der Waals surface area contributed by atoms with Crippen LogP contribution < -0.4 is 10.6 Å². The number of aromatic amines is 1. The van der Waals surface area contributed by atoms with Crippen LogP contribution in [0.4, 0.5) is 5.95 Å². The number of hydrogen-bond donors (Lipinski definition) is 3. The molecule has 3 N–H and O–H groups in total. The molecule has 0 bridgehead atoms. The molecule has 6 heteroatoms. The summed E-state index contributed by atoms with van der Waals surface area (Å²) in [5.41, 5.74) is 1.76. The van der Waals surface area contributed by atoms with E-state index < -0.39 is 0 Å². The molecule has 1 amide bonds. The molecule has 3 rings (SSSR count). The fraction of sp³-hybridized carbons (Fsp3) is 0.467. The van der Waals surface area contributed by atoms with Crippen LogP contribution >= 0.6 is 0 Å². The van der Waals surface area contributed by atoms with Crippen molar-refractivity contribution in [1.82, 2.24) is 15.3 Å². The lowest BCUT2D eigenvalue weighted by Crippen LogP contribution is -2.41. The van der Waals surface area contributed by atoms with Gasteiger partial charge in [-0.3, -0.25) is 10.1 Å². The number of carbonyl (C=O) groups excluding carboxylic acids is 1. The molecular weight excluding hydrogens is 268 g/mol. The van der Waals surface area contributed by atoms with Crippen molar-refractivity contribution < 1.29 is 9.53 Å². The number of para-hydroxylation sites is 2. The molecule has 2 atom stereocenters. The Hall–Kier alpha value is -1.92. The molecule has 0 saturated carbocycles. The van der Waals surface area contributed by atoms with E-state index in [9.17, 15) is 4.79 Å². The number of H-pyrrole nitrogens is 1. The Balaban J connectivity index is 1.67. The van der Waals surface area contributed by atoms with Gasteiger partial charge in [0.05, 0.1) is 30.2 Å². The summed E-state index contributed by atoms with van der Waals surface area (Å²) in [4.78, 5) is 19.8. The van der Waals surface area contributed by atoms with Crippen molar-refractivity contribution in [1.29, 1.82) is 0 Å². The number of nitrogens with one attached hydrogen (secondary N) is 3. The summed E-state index contributed by atoms with van der Waals surface area (Å²) >= 11 is 0. The number of rotatable bonds is 5. The highest BCUT2D eigenvalue weighted by Crippen LogP contribution is 2.18. The zero-order chi connectivity index (χ0) is 14.7. The number of carbonyl (C=O) groups is 1. The first-order chi connectivity index (χ1) is 10.3. The lowest BCUT2D eigenvalue weighted by molar-refractivity contribution is -0.120. The summed E-state index contributed by atoms with van der Waals surface area (Å²) in [5, 5.41) is 6.21. The largest absolute Gasteiger partial charge is 0.379 e. The number of amides is 1. The Morgan fingerprint density at radius 3 is 3.10 bits per heavy atom. The van der Waals surface area contributed by atoms with E-state index >= 15 is 0 Å². The van der Waals surface area contributed by atoms with E-state index in [1.54, 1.807) is 0 Å². The van der Waals surface area contributed by atoms with Crippen LogP contribution in [0.15, 0.2) is 24.3 Å². The van der Waals surface area contributed by atoms with Crippen LogP contribution in [0.5, 0.6) is 0 Å². The molecule has 2 heterocycles. The van der Waals surface area contributed by atoms with E-state index in [0.717, 1.165) is 24.0 Å². The average molecular weight is 288 g/mol. The molecule has 1 aromatic carbocycles. The smallest absolute Gasteiger partial charge is 0.233 e. The number of nitrogens with zero attached hydrogens (tertiary/aromatic N) is 1. The van der Waals surface area contributed by atoms with E-state index in [1.165, 1.54) is 0 Å². The van der Waals surface area contributed by atoms with Gasteiger partial charge in [0.25, 0.3) is 0 Å². The summed E-state index contributed by atoms with van der Waals surface area (Å²) in [6.07, 6.45) is 1.04. The molecule has 2 aromatic rings. The third-order valence-electron chi connectivity index (χ3n) is 3.70. The molecule has 2 unspecified atom stereocenters. The first-order valence-electron chi connectivity index (χ1n) is 7.34. The maximum Gasteiger partial charge on any atom is 0.233 e. The van der Waals surface area contributed by atoms with Gasteiger partial charge in [-0.15, -0.1) is 0 Å². The van der Waals surface area contributed by atoms with Crippen molar-refractivity contribution in [2.24, 2.45) is 5.92 Å². The molecule has 1 aliphatic heterocycles. The van der Waals surface area contributed by atoms with E-state index in [4.69, 9.17) is 4.74 Å². The van der Waals surface area contributed by atoms with Gasteiger partial charge in [-0.05, 0) is 25.1 Å². The SMILES string of the molecule is CCCNC1COCC1C(=O)Nc1nc2ccccc2[nH]1. The van der Waals surface area contributed by atoms with E-state index in [0.29, 0.717) is 19.2 Å². The van der Waals surface area contributed by atoms with E-state index in [2.05, 4.69) is 27.5 Å². The molecule has 112 valence electrons. The third-order valence-corrected chi connectivity index (χ3v) is 3.70. The lowest BCUT2D eigenvalue weighted by Gasteiger charge is -2.17. The van der Waals surface area contributed by atoms with Crippen molar-refractivity contribution in [3.8, 4) is 0 Å². The first kappa shape index (κ1) is 14.0. The Morgan fingerprint density at radius 1 is 1.43 bits per heavy atom. The van der Waals surface area contributed by atoms with Gasteiger partial charge in [-0.2, -0.15) is 0 Å². The predicted octanol–water partition coefficient (Wildman–Crippen LogP) is 1.52. The highest BCUT2D eigenvalue weighted by atomic mass is 16.5. The van der Waals surface area contributed by atoms with Crippen molar-refractivity contribution in [3.05, 3.63) is 24.3 Å². The number of hydrogen-bond acceptors (Lipinski definition) is 4. The minimum Gasteiger partial charge on any atom is -0.379 e. The van der Waals surface area contributed by atoms with Crippen molar-refractivity contribution >= 4 is 22.9 Å². The van der Waals surface area contributed by atoms with Gasteiger partial charge in [0, 0.05) is 6.04 Å². The molecule has 1 fully saturated rings. The van der Waals surface area contributed by atoms with Crippen LogP contribution in [0, 0.1) is 5.92 Å². The van der Waals surface area contributed by atoms with E-state index in [-0.39, 0.29) is 17.9 Å². The normalized spacial score (nSPS) is 21.8.